The number of hydrogen-bond acceptors (Lipinski definition) is 4. The Bertz CT molecular complexity index is 1050. The summed E-state index contributed by atoms with van der Waals surface area (Å²) in [6, 6.07) is 22.2. The van der Waals surface area contributed by atoms with Crippen molar-refractivity contribution in [3.05, 3.63) is 90.0 Å². The molecule has 3 rings (SSSR count). The van der Waals surface area contributed by atoms with Crippen LogP contribution in [0.1, 0.15) is 24.0 Å². The zero-order valence-corrected chi connectivity index (χ0v) is 16.8. The van der Waals surface area contributed by atoms with Crippen LogP contribution in [0.3, 0.4) is 0 Å². The fourth-order valence-electron chi connectivity index (χ4n) is 2.97. The predicted molar refractivity (Wildman–Crippen MR) is 115 cm³/mol. The number of halogens is 3. The zero-order valence-electron chi connectivity index (χ0n) is 16.8. The molecule has 0 amide bonds. The van der Waals surface area contributed by atoms with Crippen LogP contribution in [0.2, 0.25) is 0 Å². The average Bonchev–Trinajstić information content (AvgIpc) is 2.79. The molecule has 3 aromatic carbocycles. The minimum absolute atomic E-state index is 0.0973. The van der Waals surface area contributed by atoms with Crippen LogP contribution in [-0.4, -0.2) is 18.8 Å². The van der Waals surface area contributed by atoms with Crippen molar-refractivity contribution in [3.63, 3.8) is 0 Å². The number of methoxy groups -OCH3 is 1. The summed E-state index contributed by atoms with van der Waals surface area (Å²) in [5, 5.41) is 4.29. The second-order valence-corrected chi connectivity index (χ2v) is 6.77. The van der Waals surface area contributed by atoms with Gasteiger partial charge < -0.3 is 4.74 Å². The molecule has 0 bridgehead atoms. The molecule has 160 valence electrons. The Hall–Kier alpha value is -3.61. The van der Waals surface area contributed by atoms with Gasteiger partial charge in [-0.2, -0.15) is 18.3 Å². The summed E-state index contributed by atoms with van der Waals surface area (Å²) in [5.41, 5.74) is 5.47. The number of carbonyl (C=O) groups is 1. The van der Waals surface area contributed by atoms with E-state index in [2.05, 4.69) is 10.5 Å². The first-order valence-corrected chi connectivity index (χ1v) is 9.59. The molecule has 0 spiro atoms. The van der Waals surface area contributed by atoms with Crippen molar-refractivity contribution < 1.29 is 22.7 Å². The van der Waals surface area contributed by atoms with Crippen LogP contribution in [0.4, 0.5) is 18.9 Å². The van der Waals surface area contributed by atoms with E-state index in [4.69, 9.17) is 4.74 Å². The summed E-state index contributed by atoms with van der Waals surface area (Å²) in [6.07, 6.45) is -4.08. The average molecular weight is 426 g/mol. The van der Waals surface area contributed by atoms with E-state index in [0.29, 0.717) is 5.71 Å². The molecule has 3 aromatic rings. The molecule has 0 aromatic heterocycles. The topological polar surface area (TPSA) is 50.7 Å². The number of anilines is 1. The molecule has 0 saturated heterocycles. The molecule has 0 heterocycles. The van der Waals surface area contributed by atoms with E-state index in [1.165, 1.54) is 19.2 Å². The summed E-state index contributed by atoms with van der Waals surface area (Å²) in [4.78, 5) is 11.6. The molecule has 0 fully saturated rings. The Kier molecular flexibility index (Phi) is 7.07. The normalized spacial score (nSPS) is 11.8. The standard InChI is InChI=1S/C24H21F3N2O2/c1-31-23(30)15-14-22(29-28-21-9-5-8-20(16-21)24(25,26)27)19-12-10-18(11-13-19)17-6-3-2-4-7-17/h2-13,16,28H,14-15H2,1H3/b29-22+. The lowest BCUT2D eigenvalue weighted by Crippen LogP contribution is -2.10. The Labute approximate surface area is 178 Å². The largest absolute Gasteiger partial charge is 0.469 e. The number of benzene rings is 3. The molecule has 0 saturated carbocycles. The number of carbonyl (C=O) groups excluding carboxylic acids is 1. The number of hydrogen-bond donors (Lipinski definition) is 1. The van der Waals surface area contributed by atoms with Crippen molar-refractivity contribution in [2.45, 2.75) is 19.0 Å². The van der Waals surface area contributed by atoms with Crippen LogP contribution in [0.15, 0.2) is 84.0 Å². The summed E-state index contributed by atoms with van der Waals surface area (Å²) in [5.74, 6) is -0.396. The van der Waals surface area contributed by atoms with Gasteiger partial charge in [0.25, 0.3) is 0 Å². The van der Waals surface area contributed by atoms with Crippen LogP contribution < -0.4 is 5.43 Å². The van der Waals surface area contributed by atoms with E-state index in [0.717, 1.165) is 28.8 Å². The second kappa shape index (κ2) is 9.93. The predicted octanol–water partition coefficient (Wildman–Crippen LogP) is 6.14. The quantitative estimate of drug-likeness (QED) is 0.280. The third-order valence-corrected chi connectivity index (χ3v) is 4.63. The van der Waals surface area contributed by atoms with Gasteiger partial charge in [0.2, 0.25) is 0 Å². The van der Waals surface area contributed by atoms with Gasteiger partial charge in [-0.05, 0) is 34.9 Å². The molecule has 4 nitrogen and oxygen atoms in total. The lowest BCUT2D eigenvalue weighted by atomic mass is 10.0. The fourth-order valence-corrected chi connectivity index (χ4v) is 2.97. The van der Waals surface area contributed by atoms with E-state index in [-0.39, 0.29) is 18.5 Å². The van der Waals surface area contributed by atoms with Crippen molar-refractivity contribution in [3.8, 4) is 11.1 Å². The van der Waals surface area contributed by atoms with Gasteiger partial charge in [0.1, 0.15) is 0 Å². The van der Waals surface area contributed by atoms with Crippen LogP contribution in [0.25, 0.3) is 11.1 Å². The Morgan fingerprint density at radius 2 is 1.58 bits per heavy atom. The van der Waals surface area contributed by atoms with Crippen molar-refractivity contribution in [2.75, 3.05) is 12.5 Å². The molecular weight excluding hydrogens is 405 g/mol. The van der Waals surface area contributed by atoms with Crippen LogP contribution >= 0.6 is 0 Å². The number of esters is 1. The van der Waals surface area contributed by atoms with Gasteiger partial charge in [0.05, 0.1) is 30.5 Å². The second-order valence-electron chi connectivity index (χ2n) is 6.77. The lowest BCUT2D eigenvalue weighted by Gasteiger charge is -2.11. The molecule has 0 unspecified atom stereocenters. The van der Waals surface area contributed by atoms with E-state index in [1.54, 1.807) is 0 Å². The number of ether oxygens (including phenoxy) is 1. The van der Waals surface area contributed by atoms with Crippen molar-refractivity contribution in [1.82, 2.24) is 0 Å². The minimum Gasteiger partial charge on any atom is -0.469 e. The molecule has 7 heteroatoms. The molecule has 1 N–H and O–H groups in total. The molecule has 31 heavy (non-hydrogen) atoms. The van der Waals surface area contributed by atoms with Gasteiger partial charge >= 0.3 is 12.1 Å². The maximum absolute atomic E-state index is 12.9. The van der Waals surface area contributed by atoms with E-state index < -0.39 is 17.7 Å². The number of nitrogens with zero attached hydrogens (tertiary/aromatic N) is 1. The van der Waals surface area contributed by atoms with Gasteiger partial charge in [0.15, 0.2) is 0 Å². The highest BCUT2D eigenvalue weighted by Gasteiger charge is 2.30. The first-order valence-electron chi connectivity index (χ1n) is 9.59. The highest BCUT2D eigenvalue weighted by atomic mass is 19.4. The highest BCUT2D eigenvalue weighted by molar-refractivity contribution is 6.02. The summed E-state index contributed by atoms with van der Waals surface area (Å²) in [7, 11) is 1.30. The third-order valence-electron chi connectivity index (χ3n) is 4.63. The van der Waals surface area contributed by atoms with Crippen LogP contribution in [0, 0.1) is 0 Å². The van der Waals surface area contributed by atoms with Crippen molar-refractivity contribution in [2.24, 2.45) is 5.10 Å². The first kappa shape index (κ1) is 22.1. The Balaban J connectivity index is 1.85. The number of nitrogens with one attached hydrogen (secondary N) is 1. The molecule has 0 aliphatic rings. The summed E-state index contributed by atoms with van der Waals surface area (Å²) in [6.45, 7) is 0. The molecule has 0 atom stereocenters. The van der Waals surface area contributed by atoms with Gasteiger partial charge in [-0.15, -0.1) is 0 Å². The van der Waals surface area contributed by atoms with Crippen molar-refractivity contribution >= 4 is 17.4 Å². The molecule has 0 radical (unpaired) electrons. The smallest absolute Gasteiger partial charge is 0.416 e. The van der Waals surface area contributed by atoms with Gasteiger partial charge in [0, 0.05) is 6.42 Å². The van der Waals surface area contributed by atoms with Crippen LogP contribution in [0.5, 0.6) is 0 Å². The highest BCUT2D eigenvalue weighted by Crippen LogP contribution is 2.30. The maximum Gasteiger partial charge on any atom is 0.416 e. The first-order chi connectivity index (χ1) is 14.9. The summed E-state index contributed by atoms with van der Waals surface area (Å²) >= 11 is 0. The SMILES string of the molecule is COC(=O)CC/C(=N\Nc1cccc(C(F)(F)F)c1)c1ccc(-c2ccccc2)cc1. The zero-order chi connectivity index (χ0) is 22.3. The van der Waals surface area contributed by atoms with E-state index >= 15 is 0 Å². The Morgan fingerprint density at radius 1 is 0.903 bits per heavy atom. The lowest BCUT2D eigenvalue weighted by molar-refractivity contribution is -0.140. The third kappa shape index (κ3) is 6.18. The maximum atomic E-state index is 12.9. The fraction of sp³-hybridized carbons (Fsp3) is 0.167. The van der Waals surface area contributed by atoms with Crippen molar-refractivity contribution in [1.29, 1.82) is 0 Å². The molecular formula is C24H21F3N2O2. The minimum atomic E-state index is -4.44. The number of rotatable bonds is 7. The number of alkyl halides is 3. The number of hydrazone groups is 1. The van der Waals surface area contributed by atoms with E-state index in [9.17, 15) is 18.0 Å². The van der Waals surface area contributed by atoms with Crippen LogP contribution in [-0.2, 0) is 15.7 Å². The Morgan fingerprint density at radius 3 is 2.23 bits per heavy atom. The van der Waals surface area contributed by atoms with Gasteiger partial charge in [-0.1, -0.05) is 60.7 Å². The molecule has 0 aliphatic heterocycles. The van der Waals surface area contributed by atoms with Gasteiger partial charge in [-0.3, -0.25) is 10.2 Å². The van der Waals surface area contributed by atoms with Gasteiger partial charge in [-0.25, -0.2) is 0 Å². The molecule has 0 aliphatic carbocycles. The van der Waals surface area contributed by atoms with E-state index in [1.807, 2.05) is 54.6 Å². The monoisotopic (exact) mass is 426 g/mol. The summed E-state index contributed by atoms with van der Waals surface area (Å²) < 4.78 is 43.5.